The molecule has 0 amide bonds. The first-order valence-electron chi connectivity index (χ1n) is 12.7. The Bertz CT molecular complexity index is 721. The van der Waals surface area contributed by atoms with Crippen LogP contribution in [0.4, 0.5) is 0 Å². The van der Waals surface area contributed by atoms with Crippen molar-refractivity contribution in [1.82, 2.24) is 4.67 Å². The molecule has 208 valence electrons. The normalized spacial score (nSPS) is 39.0. The molecule has 4 radical (unpaired) electrons. The summed E-state index contributed by atoms with van der Waals surface area (Å²) in [6.07, 6.45) is -1.04. The highest BCUT2D eigenvalue weighted by atomic mass is 128. The fourth-order valence-electron chi connectivity index (χ4n) is 4.96. The van der Waals surface area contributed by atoms with Crippen molar-refractivity contribution in [1.29, 1.82) is 5.26 Å². The zero-order valence-corrected chi connectivity index (χ0v) is 27.6. The van der Waals surface area contributed by atoms with Gasteiger partial charge in [-0.1, -0.05) is 13.8 Å². The van der Waals surface area contributed by atoms with Gasteiger partial charge in [-0.25, -0.2) is 4.67 Å². The highest BCUT2D eigenvalue weighted by Gasteiger charge is 2.51. The summed E-state index contributed by atoms with van der Waals surface area (Å²) in [6, 6.07) is 1.51. The lowest BCUT2D eigenvalue weighted by atomic mass is 9.92. The van der Waals surface area contributed by atoms with Crippen LogP contribution in [0.1, 0.15) is 48.0 Å². The third-order valence-corrected chi connectivity index (χ3v) is 8.82. The van der Waals surface area contributed by atoms with Crippen LogP contribution in [0, 0.1) is 23.2 Å². The number of hydrogen-bond donors (Lipinski definition) is 1. The van der Waals surface area contributed by atoms with Crippen LogP contribution in [0.5, 0.6) is 0 Å². The van der Waals surface area contributed by atoms with Crippen molar-refractivity contribution in [2.45, 2.75) is 109 Å². The van der Waals surface area contributed by atoms with Crippen LogP contribution in [-0.4, -0.2) is 106 Å². The molecule has 4 heterocycles. The first kappa shape index (κ1) is 34.4. The van der Waals surface area contributed by atoms with Gasteiger partial charge in [-0.05, 0) is 27.7 Å². The lowest BCUT2D eigenvalue weighted by Crippen LogP contribution is -2.39. The maximum Gasteiger partial charge on any atom is 0.259 e. The molecule has 9 nitrogen and oxygen atoms in total. The molecule has 1 N–H and O–H groups in total. The van der Waals surface area contributed by atoms with Crippen molar-refractivity contribution in [3.63, 3.8) is 0 Å². The predicted octanol–water partition coefficient (Wildman–Crippen LogP) is 3.62. The highest BCUT2D eigenvalue weighted by molar-refractivity contribution is 15.0. The van der Waals surface area contributed by atoms with Crippen molar-refractivity contribution in [3.8, 4) is 6.07 Å². The number of aliphatic hydroxyl groups excluding tert-OH is 1. The van der Waals surface area contributed by atoms with E-state index in [1.165, 1.54) is 0 Å². The summed E-state index contributed by atoms with van der Waals surface area (Å²) < 4.78 is 36.8. The highest BCUT2D eigenvalue weighted by Crippen LogP contribution is 2.50. The molecule has 0 aromatic rings. The van der Waals surface area contributed by atoms with E-state index in [0.29, 0.717) is 38.1 Å². The fourth-order valence-corrected chi connectivity index (χ4v) is 6.72. The van der Waals surface area contributed by atoms with E-state index in [0.717, 1.165) is 0 Å². The van der Waals surface area contributed by atoms with Gasteiger partial charge in [0.25, 0.3) is 8.53 Å². The standard InChI is InChI=1S/C16H28BN2O4P.C7H11BO3.I2/c1-10(2)19(11(3)4)24(21-8-6-7-18)23-15-14-13(22-16(15)17)12(5)9-20-14;1-3-2-10-6-4(9)7(8)11-5(3)6;1-2/h10-16H,6,8-9H2,1-5H3;3-7,9H,2H2,1H3;/t12-,13?,14+,15-,16-,24?;3-,4-,5?,6-,7-;/m11./s1. The molecule has 0 aliphatic carbocycles. The van der Waals surface area contributed by atoms with Gasteiger partial charge < -0.3 is 33.1 Å². The van der Waals surface area contributed by atoms with Gasteiger partial charge in [0, 0.05) is 73.2 Å². The maximum absolute atomic E-state index is 9.41. The summed E-state index contributed by atoms with van der Waals surface area (Å²) in [5.74, 6) is 0.662. The van der Waals surface area contributed by atoms with Crippen LogP contribution in [-0.2, 0) is 28.0 Å². The topological polar surface area (TPSA) is 103 Å². The Balaban J connectivity index is 0.000000306. The molecule has 0 aromatic carbocycles. The number of aliphatic hydroxyl groups is 1. The average molecular weight is 762 g/mol. The van der Waals surface area contributed by atoms with E-state index in [9.17, 15) is 5.11 Å². The number of nitrogens with zero attached hydrogens (tertiary/aromatic N) is 2. The Hall–Kier alpha value is 1.19. The van der Waals surface area contributed by atoms with Crippen LogP contribution < -0.4 is 0 Å². The molecule has 0 aromatic heterocycles. The Morgan fingerprint density at radius 1 is 0.973 bits per heavy atom. The second kappa shape index (κ2) is 16.6. The Kier molecular flexibility index (Phi) is 15.4. The second-order valence-electron chi connectivity index (χ2n) is 10.3. The zero-order chi connectivity index (χ0) is 27.9. The van der Waals surface area contributed by atoms with Crippen LogP contribution in [0.15, 0.2) is 0 Å². The predicted molar refractivity (Wildman–Crippen MR) is 161 cm³/mol. The summed E-state index contributed by atoms with van der Waals surface area (Å²) in [6.45, 7) is 14.2. The lowest BCUT2D eigenvalue weighted by molar-refractivity contribution is 0.00946. The monoisotopic (exact) mass is 762 g/mol. The number of ether oxygens (including phenoxy) is 4. The third kappa shape index (κ3) is 8.84. The molecule has 4 rings (SSSR count). The Labute approximate surface area is 249 Å². The molecule has 4 aliphatic rings. The van der Waals surface area contributed by atoms with Gasteiger partial charge in [-0.2, -0.15) is 5.26 Å². The number of halogens is 2. The van der Waals surface area contributed by atoms with E-state index >= 15 is 0 Å². The summed E-state index contributed by atoms with van der Waals surface area (Å²) in [5.41, 5.74) is 0. The summed E-state index contributed by atoms with van der Waals surface area (Å²) in [4.78, 5) is 0. The van der Waals surface area contributed by atoms with Crippen molar-refractivity contribution >= 4 is 61.5 Å². The van der Waals surface area contributed by atoms with Crippen LogP contribution in [0.3, 0.4) is 0 Å². The lowest BCUT2D eigenvalue weighted by Gasteiger charge is -2.37. The molecule has 11 atom stereocenters. The molecular formula is C23H39B2I2N2O7P. The molecule has 4 aliphatic heterocycles. The third-order valence-electron chi connectivity index (χ3n) is 6.70. The summed E-state index contributed by atoms with van der Waals surface area (Å²) in [5, 5.41) is 18.2. The van der Waals surface area contributed by atoms with E-state index in [-0.39, 0.29) is 42.6 Å². The van der Waals surface area contributed by atoms with E-state index in [1.54, 1.807) is 0 Å². The van der Waals surface area contributed by atoms with Crippen molar-refractivity contribution < 1.29 is 33.1 Å². The number of hydrogen-bond acceptors (Lipinski definition) is 9. The summed E-state index contributed by atoms with van der Waals surface area (Å²) in [7, 11) is 10.3. The van der Waals surface area contributed by atoms with Crippen molar-refractivity contribution in [2.75, 3.05) is 19.8 Å². The van der Waals surface area contributed by atoms with Gasteiger partial charge in [-0.3, -0.25) is 0 Å². The van der Waals surface area contributed by atoms with Gasteiger partial charge >= 0.3 is 0 Å². The van der Waals surface area contributed by atoms with Crippen LogP contribution >= 0.6 is 45.8 Å². The zero-order valence-electron chi connectivity index (χ0n) is 22.4. The minimum Gasteiger partial charge on any atom is -0.388 e. The summed E-state index contributed by atoms with van der Waals surface area (Å²) >= 11 is 4.24. The minimum absolute atomic E-state index is 0.000000000000000222. The SMILES string of the molecule is II.[B][C@@H]1OC2[C@H](C)CO[C@@H]2[C@H]1O.[B][C@@H]1OC2[C@H](C)CO[C@@H]2[C@H]1OP(OCCC#N)N(C(C)C)C(C)C. The van der Waals surface area contributed by atoms with Gasteiger partial charge in [0.1, 0.15) is 40.1 Å². The number of rotatable bonds is 8. The quantitative estimate of drug-likeness (QED) is 0.172. The largest absolute Gasteiger partial charge is 0.388 e. The van der Waals surface area contributed by atoms with Crippen LogP contribution in [0.2, 0.25) is 0 Å². The molecule has 4 fully saturated rings. The molecule has 37 heavy (non-hydrogen) atoms. The van der Waals surface area contributed by atoms with E-state index in [1.807, 2.05) is 6.92 Å². The van der Waals surface area contributed by atoms with Crippen molar-refractivity contribution in [2.24, 2.45) is 11.8 Å². The Morgan fingerprint density at radius 3 is 2.00 bits per heavy atom. The second-order valence-corrected chi connectivity index (χ2v) is 11.7. The molecule has 0 spiro atoms. The minimum atomic E-state index is -1.35. The van der Waals surface area contributed by atoms with E-state index in [4.69, 9.17) is 48.9 Å². The average Bonchev–Trinajstić information content (AvgIpc) is 3.56. The Morgan fingerprint density at radius 2 is 1.49 bits per heavy atom. The van der Waals surface area contributed by atoms with Crippen molar-refractivity contribution in [3.05, 3.63) is 0 Å². The molecule has 0 saturated carbocycles. The first-order valence-corrected chi connectivity index (χ1v) is 20.1. The van der Waals surface area contributed by atoms with Gasteiger partial charge in [0.15, 0.2) is 0 Å². The van der Waals surface area contributed by atoms with Gasteiger partial charge in [0.2, 0.25) is 0 Å². The molecule has 3 unspecified atom stereocenters. The smallest absolute Gasteiger partial charge is 0.259 e. The van der Waals surface area contributed by atoms with E-state index < -0.39 is 26.6 Å². The van der Waals surface area contributed by atoms with Gasteiger partial charge in [0.05, 0.1) is 44.5 Å². The van der Waals surface area contributed by atoms with Crippen LogP contribution in [0.25, 0.3) is 0 Å². The molecular weight excluding hydrogens is 723 g/mol. The molecule has 0 bridgehead atoms. The number of fused-ring (bicyclic) bond motifs is 2. The number of nitriles is 1. The first-order chi connectivity index (χ1) is 17.6. The molecule has 4 saturated heterocycles. The maximum atomic E-state index is 9.41. The van der Waals surface area contributed by atoms with E-state index in [2.05, 4.69) is 82.6 Å². The fraction of sp³-hybridized carbons (Fsp3) is 0.957. The molecule has 14 heteroatoms. The van der Waals surface area contributed by atoms with Gasteiger partial charge in [-0.15, -0.1) is 0 Å².